The van der Waals surface area contributed by atoms with E-state index >= 15 is 0 Å². The van der Waals surface area contributed by atoms with E-state index in [2.05, 4.69) is 11.4 Å². The van der Waals surface area contributed by atoms with Gasteiger partial charge in [0.1, 0.15) is 5.82 Å². The number of aryl methyl sites for hydroxylation is 1. The molecular weight excluding hydrogens is 301 g/mol. The first-order chi connectivity index (χ1) is 11.3. The van der Waals surface area contributed by atoms with Crippen molar-refractivity contribution in [2.45, 2.75) is 44.4 Å². The Morgan fingerprint density at radius 3 is 2.50 bits per heavy atom. The minimum Gasteiger partial charge on any atom is -0.354 e. The number of halogens is 1. The first kappa shape index (κ1) is 16.7. The monoisotopic (exact) mass is 325 g/mol. The van der Waals surface area contributed by atoms with Crippen LogP contribution in [0.2, 0.25) is 0 Å². The van der Waals surface area contributed by atoms with Gasteiger partial charge in [0.2, 0.25) is 5.91 Å². The summed E-state index contributed by atoms with van der Waals surface area (Å²) in [5, 5.41) is 3.06. The Bertz CT molecular complexity index is 762. The Balaban J connectivity index is 1.73. The van der Waals surface area contributed by atoms with Gasteiger partial charge in [0, 0.05) is 12.0 Å². The van der Waals surface area contributed by atoms with Crippen molar-refractivity contribution in [3.8, 4) is 0 Å². The van der Waals surface area contributed by atoms with E-state index in [1.54, 1.807) is 12.1 Å². The van der Waals surface area contributed by atoms with Crippen molar-refractivity contribution >= 4 is 5.91 Å². The van der Waals surface area contributed by atoms with E-state index in [1.807, 2.05) is 45.0 Å². The second-order valence-electron chi connectivity index (χ2n) is 7.50. The van der Waals surface area contributed by atoms with E-state index < -0.39 is 10.8 Å². The van der Waals surface area contributed by atoms with Crippen LogP contribution in [0.1, 0.15) is 43.4 Å². The average molecular weight is 325 g/mol. The van der Waals surface area contributed by atoms with Gasteiger partial charge in [0.15, 0.2) is 0 Å². The molecule has 0 aliphatic heterocycles. The number of hydrogen-bond donors (Lipinski definition) is 1. The van der Waals surface area contributed by atoms with Gasteiger partial charge in [-0.2, -0.15) is 0 Å². The zero-order valence-electron chi connectivity index (χ0n) is 14.5. The van der Waals surface area contributed by atoms with Crippen LogP contribution in [0.15, 0.2) is 48.5 Å². The second-order valence-corrected chi connectivity index (χ2v) is 7.50. The SMILES string of the molecule is Cc1cccc(C2(C(=O)NCC(C)(C)c3ccccc3F)CC2)c1. The van der Waals surface area contributed by atoms with Gasteiger partial charge in [-0.15, -0.1) is 0 Å². The summed E-state index contributed by atoms with van der Waals surface area (Å²) in [5.41, 5.74) is 2.04. The van der Waals surface area contributed by atoms with Crippen molar-refractivity contribution in [2.24, 2.45) is 0 Å². The van der Waals surface area contributed by atoms with Crippen molar-refractivity contribution in [1.82, 2.24) is 5.32 Å². The van der Waals surface area contributed by atoms with E-state index in [0.717, 1.165) is 18.4 Å². The lowest BCUT2D eigenvalue weighted by Gasteiger charge is -2.27. The van der Waals surface area contributed by atoms with E-state index in [1.165, 1.54) is 11.6 Å². The molecule has 0 aromatic heterocycles. The standard InChI is InChI=1S/C21H24FNO/c1-15-7-6-8-16(13-15)21(11-12-21)19(24)23-14-20(2,3)17-9-4-5-10-18(17)22/h4-10,13H,11-12,14H2,1-3H3,(H,23,24). The molecule has 1 N–H and O–H groups in total. The summed E-state index contributed by atoms with van der Waals surface area (Å²) in [6.07, 6.45) is 1.75. The molecule has 24 heavy (non-hydrogen) atoms. The van der Waals surface area contributed by atoms with Crippen LogP contribution in [-0.2, 0) is 15.6 Å². The molecular formula is C21H24FNO. The van der Waals surface area contributed by atoms with Gasteiger partial charge >= 0.3 is 0 Å². The molecule has 3 heteroatoms. The average Bonchev–Trinajstić information content (AvgIpc) is 3.35. The fourth-order valence-electron chi connectivity index (χ4n) is 3.29. The maximum atomic E-state index is 14.1. The minimum absolute atomic E-state index is 0.0533. The van der Waals surface area contributed by atoms with Gasteiger partial charge in [-0.05, 0) is 37.0 Å². The zero-order chi connectivity index (χ0) is 17.4. The molecule has 0 radical (unpaired) electrons. The molecule has 0 unspecified atom stereocenters. The zero-order valence-corrected chi connectivity index (χ0v) is 14.5. The van der Waals surface area contributed by atoms with Crippen LogP contribution in [-0.4, -0.2) is 12.5 Å². The van der Waals surface area contributed by atoms with E-state index in [0.29, 0.717) is 12.1 Å². The second kappa shape index (κ2) is 6.04. The van der Waals surface area contributed by atoms with E-state index in [9.17, 15) is 9.18 Å². The number of nitrogens with one attached hydrogen (secondary N) is 1. The van der Waals surface area contributed by atoms with Crippen LogP contribution in [0.25, 0.3) is 0 Å². The summed E-state index contributed by atoms with van der Waals surface area (Å²) in [6, 6.07) is 14.9. The topological polar surface area (TPSA) is 29.1 Å². The van der Waals surface area contributed by atoms with Crippen LogP contribution >= 0.6 is 0 Å². The Morgan fingerprint density at radius 2 is 1.88 bits per heavy atom. The van der Waals surface area contributed by atoms with Crippen molar-refractivity contribution < 1.29 is 9.18 Å². The normalized spacial score (nSPS) is 15.8. The third-order valence-corrected chi connectivity index (χ3v) is 5.05. The van der Waals surface area contributed by atoms with Gasteiger partial charge in [-0.3, -0.25) is 4.79 Å². The summed E-state index contributed by atoms with van der Waals surface area (Å²) in [7, 11) is 0. The van der Waals surface area contributed by atoms with Gasteiger partial charge < -0.3 is 5.32 Å². The number of carbonyl (C=O) groups is 1. The molecule has 1 aliphatic rings. The first-order valence-electron chi connectivity index (χ1n) is 8.46. The quantitative estimate of drug-likeness (QED) is 0.874. The highest BCUT2D eigenvalue weighted by molar-refractivity contribution is 5.91. The fourth-order valence-corrected chi connectivity index (χ4v) is 3.29. The summed E-state index contributed by atoms with van der Waals surface area (Å²) >= 11 is 0. The first-order valence-corrected chi connectivity index (χ1v) is 8.46. The summed E-state index contributed by atoms with van der Waals surface area (Å²) < 4.78 is 14.1. The number of rotatable bonds is 5. The Hall–Kier alpha value is -2.16. The largest absolute Gasteiger partial charge is 0.354 e. The predicted molar refractivity (Wildman–Crippen MR) is 94.5 cm³/mol. The molecule has 3 rings (SSSR count). The molecule has 2 aromatic carbocycles. The molecule has 0 heterocycles. The highest BCUT2D eigenvalue weighted by Crippen LogP contribution is 2.48. The molecule has 0 spiro atoms. The van der Waals surface area contributed by atoms with Crippen LogP contribution < -0.4 is 5.32 Å². The lowest BCUT2D eigenvalue weighted by atomic mass is 9.83. The summed E-state index contributed by atoms with van der Waals surface area (Å²) in [6.45, 7) is 6.37. The molecule has 1 saturated carbocycles. The van der Waals surface area contributed by atoms with Gasteiger partial charge in [0.25, 0.3) is 0 Å². The lowest BCUT2D eigenvalue weighted by molar-refractivity contribution is -0.123. The van der Waals surface area contributed by atoms with Crippen LogP contribution in [0.3, 0.4) is 0 Å². The maximum Gasteiger partial charge on any atom is 0.230 e. The van der Waals surface area contributed by atoms with Crippen LogP contribution in [0.4, 0.5) is 4.39 Å². The molecule has 1 aliphatic carbocycles. The maximum absolute atomic E-state index is 14.1. The highest BCUT2D eigenvalue weighted by Gasteiger charge is 2.51. The molecule has 126 valence electrons. The molecule has 0 bridgehead atoms. The molecule has 1 fully saturated rings. The van der Waals surface area contributed by atoms with Crippen LogP contribution in [0.5, 0.6) is 0 Å². The molecule has 0 saturated heterocycles. The smallest absolute Gasteiger partial charge is 0.230 e. The summed E-state index contributed by atoms with van der Waals surface area (Å²) in [4.78, 5) is 12.8. The molecule has 2 nitrogen and oxygen atoms in total. The Kier molecular flexibility index (Phi) is 4.20. The highest BCUT2D eigenvalue weighted by atomic mass is 19.1. The fraction of sp³-hybridized carbons (Fsp3) is 0.381. The van der Waals surface area contributed by atoms with Crippen molar-refractivity contribution in [3.63, 3.8) is 0 Å². The molecule has 2 aromatic rings. The van der Waals surface area contributed by atoms with Gasteiger partial charge in [-0.25, -0.2) is 4.39 Å². The molecule has 1 amide bonds. The number of carbonyl (C=O) groups excluding carboxylic acids is 1. The van der Waals surface area contributed by atoms with Crippen molar-refractivity contribution in [1.29, 1.82) is 0 Å². The van der Waals surface area contributed by atoms with Crippen molar-refractivity contribution in [3.05, 3.63) is 71.0 Å². The Labute approximate surface area is 143 Å². The number of benzene rings is 2. The molecule has 0 atom stereocenters. The van der Waals surface area contributed by atoms with Gasteiger partial charge in [-0.1, -0.05) is 61.9 Å². The van der Waals surface area contributed by atoms with E-state index in [-0.39, 0.29) is 11.7 Å². The summed E-state index contributed by atoms with van der Waals surface area (Å²) in [5.74, 6) is -0.172. The van der Waals surface area contributed by atoms with Crippen molar-refractivity contribution in [2.75, 3.05) is 6.54 Å². The van der Waals surface area contributed by atoms with Gasteiger partial charge in [0.05, 0.1) is 5.41 Å². The third kappa shape index (κ3) is 3.08. The predicted octanol–water partition coefficient (Wildman–Crippen LogP) is 4.26. The Morgan fingerprint density at radius 1 is 1.17 bits per heavy atom. The number of amides is 1. The minimum atomic E-state index is -0.455. The van der Waals surface area contributed by atoms with Crippen LogP contribution in [0, 0.1) is 12.7 Å². The number of hydrogen-bond acceptors (Lipinski definition) is 1. The third-order valence-electron chi connectivity index (χ3n) is 5.05. The lowest BCUT2D eigenvalue weighted by Crippen LogP contribution is -2.42. The van der Waals surface area contributed by atoms with E-state index in [4.69, 9.17) is 0 Å².